The van der Waals surface area contributed by atoms with Crippen LogP contribution in [0.15, 0.2) is 12.1 Å². The highest BCUT2D eigenvalue weighted by atomic mass is 35.5. The quantitative estimate of drug-likeness (QED) is 0.898. The third kappa shape index (κ3) is 2.73. The number of amides is 1. The summed E-state index contributed by atoms with van der Waals surface area (Å²) in [7, 11) is 0. The van der Waals surface area contributed by atoms with Crippen LogP contribution in [-0.2, 0) is 9.53 Å². The molecule has 0 saturated carbocycles. The fraction of sp³-hybridized carbons (Fsp3) is 0.533. The lowest BCUT2D eigenvalue weighted by Crippen LogP contribution is -2.41. The van der Waals surface area contributed by atoms with E-state index in [-0.39, 0.29) is 18.1 Å². The van der Waals surface area contributed by atoms with Gasteiger partial charge in [-0.05, 0) is 25.6 Å². The lowest BCUT2D eigenvalue weighted by atomic mass is 10.1. The van der Waals surface area contributed by atoms with Gasteiger partial charge in [-0.1, -0.05) is 18.5 Å². The van der Waals surface area contributed by atoms with E-state index in [0.29, 0.717) is 11.6 Å². The number of ether oxygens (including phenoxy) is 1. The summed E-state index contributed by atoms with van der Waals surface area (Å²) >= 11 is 6.45. The molecule has 0 spiro atoms. The molecular weight excluding hydrogens is 290 g/mol. The first-order chi connectivity index (χ1) is 10.1. The van der Waals surface area contributed by atoms with Crippen LogP contribution in [0.3, 0.4) is 0 Å². The van der Waals surface area contributed by atoms with E-state index in [1.54, 1.807) is 0 Å². The van der Waals surface area contributed by atoms with Gasteiger partial charge in [-0.3, -0.25) is 4.79 Å². The number of fused-ring (bicyclic) bond motifs is 1. The molecule has 1 aromatic rings. The van der Waals surface area contributed by atoms with Crippen LogP contribution in [0.2, 0.25) is 5.02 Å². The normalized spacial score (nSPS) is 24.9. The zero-order valence-corrected chi connectivity index (χ0v) is 13.0. The summed E-state index contributed by atoms with van der Waals surface area (Å²) in [4.78, 5) is 14.2. The van der Waals surface area contributed by atoms with Crippen molar-refractivity contribution < 1.29 is 9.53 Å². The fourth-order valence-electron chi connectivity index (χ4n) is 2.96. The molecule has 3 rings (SSSR count). The van der Waals surface area contributed by atoms with Gasteiger partial charge in [-0.2, -0.15) is 0 Å². The zero-order valence-electron chi connectivity index (χ0n) is 12.3. The first kappa shape index (κ1) is 14.6. The van der Waals surface area contributed by atoms with E-state index < -0.39 is 0 Å². The second-order valence-electron chi connectivity index (χ2n) is 5.50. The summed E-state index contributed by atoms with van der Waals surface area (Å²) < 4.78 is 5.56. The van der Waals surface area contributed by atoms with E-state index in [1.807, 2.05) is 19.1 Å². The number of likely N-dealkylation sites (N-methyl/N-ethyl adjacent to an activating group) is 1. The molecule has 5 nitrogen and oxygen atoms in total. The molecule has 2 N–H and O–H groups in total. The molecule has 6 heteroatoms. The Labute approximate surface area is 129 Å². The van der Waals surface area contributed by atoms with Gasteiger partial charge in [0.2, 0.25) is 5.91 Å². The van der Waals surface area contributed by atoms with Gasteiger partial charge in [-0.15, -0.1) is 0 Å². The number of anilines is 2. The Bertz CT molecular complexity index is 564. The summed E-state index contributed by atoms with van der Waals surface area (Å²) in [6.07, 6.45) is 0.187. The molecule has 2 unspecified atom stereocenters. The van der Waals surface area contributed by atoms with E-state index in [2.05, 4.69) is 22.5 Å². The van der Waals surface area contributed by atoms with Crippen molar-refractivity contribution in [2.75, 3.05) is 36.5 Å². The molecule has 0 aliphatic carbocycles. The van der Waals surface area contributed by atoms with Crippen molar-refractivity contribution in [3.63, 3.8) is 0 Å². The second-order valence-corrected chi connectivity index (χ2v) is 5.91. The average Bonchev–Trinajstić information content (AvgIpc) is 2.74. The second kappa shape index (κ2) is 5.83. The molecular formula is C15H20ClN3O2. The third-order valence-corrected chi connectivity index (χ3v) is 4.24. The van der Waals surface area contributed by atoms with Crippen LogP contribution in [0, 0.1) is 0 Å². The largest absolute Gasteiger partial charge is 0.375 e. The highest BCUT2D eigenvalue weighted by Gasteiger charge is 2.31. The van der Waals surface area contributed by atoms with Gasteiger partial charge in [0.25, 0.3) is 0 Å². The van der Waals surface area contributed by atoms with Gasteiger partial charge in [0, 0.05) is 24.3 Å². The van der Waals surface area contributed by atoms with Crippen LogP contribution < -0.4 is 15.5 Å². The Balaban J connectivity index is 1.92. The third-order valence-electron chi connectivity index (χ3n) is 3.94. The fourth-order valence-corrected chi connectivity index (χ4v) is 3.25. The lowest BCUT2D eigenvalue weighted by molar-refractivity contribution is -0.117. The number of nitrogens with one attached hydrogen (secondary N) is 2. The van der Waals surface area contributed by atoms with Crippen molar-refractivity contribution >= 4 is 28.9 Å². The van der Waals surface area contributed by atoms with Gasteiger partial charge in [0.05, 0.1) is 23.4 Å². The molecule has 2 heterocycles. The monoisotopic (exact) mass is 309 g/mol. The van der Waals surface area contributed by atoms with Crippen molar-refractivity contribution in [1.29, 1.82) is 0 Å². The van der Waals surface area contributed by atoms with Crippen LogP contribution in [0.1, 0.15) is 25.5 Å². The number of hydrogen-bond donors (Lipinski definition) is 2. The minimum Gasteiger partial charge on any atom is -0.375 e. The lowest BCUT2D eigenvalue weighted by Gasteiger charge is -2.33. The Hall–Kier alpha value is -1.30. The molecule has 0 bridgehead atoms. The van der Waals surface area contributed by atoms with Crippen molar-refractivity contribution in [2.45, 2.75) is 26.0 Å². The van der Waals surface area contributed by atoms with Crippen molar-refractivity contribution in [1.82, 2.24) is 5.32 Å². The molecule has 1 aromatic carbocycles. The molecule has 2 aliphatic rings. The van der Waals surface area contributed by atoms with Gasteiger partial charge in [0.1, 0.15) is 6.04 Å². The van der Waals surface area contributed by atoms with Crippen LogP contribution in [0.25, 0.3) is 0 Å². The molecule has 1 amide bonds. The topological polar surface area (TPSA) is 53.6 Å². The molecule has 21 heavy (non-hydrogen) atoms. The van der Waals surface area contributed by atoms with E-state index >= 15 is 0 Å². The number of halogens is 1. The molecule has 2 aliphatic heterocycles. The van der Waals surface area contributed by atoms with Crippen LogP contribution in [0.5, 0.6) is 0 Å². The molecule has 0 radical (unpaired) electrons. The maximum absolute atomic E-state index is 12.0. The Morgan fingerprint density at radius 3 is 3.05 bits per heavy atom. The van der Waals surface area contributed by atoms with Gasteiger partial charge in [0.15, 0.2) is 0 Å². The smallest absolute Gasteiger partial charge is 0.246 e. The first-order valence-electron chi connectivity index (χ1n) is 7.34. The molecule has 1 fully saturated rings. The van der Waals surface area contributed by atoms with Crippen molar-refractivity contribution in [3.8, 4) is 0 Å². The van der Waals surface area contributed by atoms with Crippen molar-refractivity contribution in [3.05, 3.63) is 22.7 Å². The standard InChI is InChI=1S/C15H20ClN3O2/c1-3-17-14-10-6-11(16)13(7-12(10)18-15(14)20)19-4-5-21-9(2)8-19/h6-7,9,14,17H,3-5,8H2,1-2H3,(H,18,20). The Morgan fingerprint density at radius 2 is 2.33 bits per heavy atom. The number of benzene rings is 1. The average molecular weight is 310 g/mol. The summed E-state index contributed by atoms with van der Waals surface area (Å²) in [6, 6.07) is 3.57. The Kier molecular flexibility index (Phi) is 4.06. The number of nitrogens with zero attached hydrogens (tertiary/aromatic N) is 1. The first-order valence-corrected chi connectivity index (χ1v) is 7.72. The highest BCUT2D eigenvalue weighted by molar-refractivity contribution is 6.33. The van der Waals surface area contributed by atoms with E-state index in [1.165, 1.54) is 0 Å². The molecule has 1 saturated heterocycles. The maximum Gasteiger partial charge on any atom is 0.246 e. The van der Waals surface area contributed by atoms with Crippen LogP contribution in [0.4, 0.5) is 11.4 Å². The van der Waals surface area contributed by atoms with Crippen molar-refractivity contribution in [2.24, 2.45) is 0 Å². The van der Waals surface area contributed by atoms with Gasteiger partial charge >= 0.3 is 0 Å². The van der Waals surface area contributed by atoms with E-state index in [0.717, 1.165) is 36.6 Å². The number of carbonyl (C=O) groups is 1. The van der Waals surface area contributed by atoms with Gasteiger partial charge < -0.3 is 20.3 Å². The predicted molar refractivity (Wildman–Crippen MR) is 84.1 cm³/mol. The molecule has 2 atom stereocenters. The van der Waals surface area contributed by atoms with Crippen LogP contribution in [-0.4, -0.2) is 38.3 Å². The minimum atomic E-state index is -0.305. The van der Waals surface area contributed by atoms with Crippen LogP contribution >= 0.6 is 11.6 Å². The summed E-state index contributed by atoms with van der Waals surface area (Å²) in [5.74, 6) is -0.0181. The molecule has 114 valence electrons. The van der Waals surface area contributed by atoms with E-state index in [4.69, 9.17) is 16.3 Å². The van der Waals surface area contributed by atoms with E-state index in [9.17, 15) is 4.79 Å². The summed E-state index contributed by atoms with van der Waals surface area (Å²) in [6.45, 7) is 7.09. The SMILES string of the molecule is CCNC1C(=O)Nc2cc(N3CCOC(C)C3)c(Cl)cc21. The number of morpholine rings is 1. The highest BCUT2D eigenvalue weighted by Crippen LogP contribution is 2.39. The number of hydrogen-bond acceptors (Lipinski definition) is 4. The summed E-state index contributed by atoms with van der Waals surface area (Å²) in [5.41, 5.74) is 2.74. The predicted octanol–water partition coefficient (Wildman–Crippen LogP) is 2.17. The maximum atomic E-state index is 12.0. The number of rotatable bonds is 3. The Morgan fingerprint density at radius 1 is 1.52 bits per heavy atom. The van der Waals surface area contributed by atoms with Gasteiger partial charge in [-0.25, -0.2) is 0 Å². The summed E-state index contributed by atoms with van der Waals surface area (Å²) in [5, 5.41) is 6.79. The minimum absolute atomic E-state index is 0.0181. The number of carbonyl (C=O) groups excluding carboxylic acids is 1. The zero-order chi connectivity index (χ0) is 15.0. The molecule has 0 aromatic heterocycles.